The molecule has 1 saturated carbocycles. The molecule has 0 bridgehead atoms. The normalized spacial score (nSPS) is 16.9. The van der Waals surface area contributed by atoms with Gasteiger partial charge >= 0.3 is 0 Å². The zero-order valence-electron chi connectivity index (χ0n) is 15.3. The monoisotopic (exact) mass is 334 g/mol. The van der Waals surface area contributed by atoms with Crippen LogP contribution >= 0.6 is 0 Å². The lowest BCUT2D eigenvalue weighted by molar-refractivity contribution is -0.138. The van der Waals surface area contributed by atoms with Crippen LogP contribution in [0.2, 0.25) is 0 Å². The topological polar surface area (TPSA) is 74.5 Å². The van der Waals surface area contributed by atoms with Crippen molar-refractivity contribution in [2.45, 2.75) is 39.2 Å². The Bertz CT molecular complexity index is 571. The third-order valence-electron chi connectivity index (χ3n) is 4.68. The van der Waals surface area contributed by atoms with Crippen molar-refractivity contribution in [2.75, 3.05) is 27.2 Å². The van der Waals surface area contributed by atoms with Gasteiger partial charge in [-0.05, 0) is 25.8 Å². The van der Waals surface area contributed by atoms with E-state index < -0.39 is 0 Å². The Balaban J connectivity index is 2.04. The predicted octanol–water partition coefficient (Wildman–Crippen LogP) is 1.12. The van der Waals surface area contributed by atoms with E-state index in [2.05, 4.69) is 20.7 Å². The summed E-state index contributed by atoms with van der Waals surface area (Å²) in [6.45, 7) is 4.01. The van der Waals surface area contributed by atoms with Gasteiger partial charge in [0.2, 0.25) is 5.91 Å². The molecule has 1 aliphatic carbocycles. The van der Waals surface area contributed by atoms with Crippen molar-refractivity contribution < 1.29 is 4.79 Å². The second-order valence-electron chi connectivity index (χ2n) is 6.68. The number of rotatable bonds is 6. The maximum absolute atomic E-state index is 12.6. The number of aryl methyl sites for hydroxylation is 1. The van der Waals surface area contributed by atoms with Crippen LogP contribution in [0.1, 0.15) is 38.3 Å². The Morgan fingerprint density at radius 3 is 2.62 bits per heavy atom. The van der Waals surface area contributed by atoms with Gasteiger partial charge in [0.15, 0.2) is 5.96 Å². The quantitative estimate of drug-likeness (QED) is 0.604. The third kappa shape index (κ3) is 4.27. The molecule has 0 aromatic carbocycles. The van der Waals surface area contributed by atoms with E-state index in [1.807, 2.05) is 38.8 Å². The molecule has 0 atom stereocenters. The van der Waals surface area contributed by atoms with Gasteiger partial charge in [-0.1, -0.05) is 12.8 Å². The molecule has 134 valence electrons. The second-order valence-corrected chi connectivity index (χ2v) is 6.68. The Morgan fingerprint density at radius 2 is 2.08 bits per heavy atom. The molecule has 0 aliphatic heterocycles. The molecular weight excluding hydrogens is 304 g/mol. The lowest BCUT2D eigenvalue weighted by Crippen LogP contribution is -2.49. The Hall–Kier alpha value is -2.05. The molecule has 1 aliphatic rings. The van der Waals surface area contributed by atoms with Gasteiger partial charge in [0, 0.05) is 40.4 Å². The average Bonchev–Trinajstić information content (AvgIpc) is 3.19. The van der Waals surface area contributed by atoms with Crippen molar-refractivity contribution in [1.82, 2.24) is 25.3 Å². The van der Waals surface area contributed by atoms with Crippen LogP contribution in [0.3, 0.4) is 0 Å². The number of guanidine groups is 1. The highest BCUT2D eigenvalue weighted by atomic mass is 16.2. The standard InChI is InChI=1S/C17H30N6O/c1-5-18-16(19-12-14-8-11-21-23(14)4)20-13-17(9-6-7-10-17)15(24)22(2)3/h8,11H,5-7,9-10,12-13H2,1-4H3,(H2,18,19,20). The number of nitrogens with one attached hydrogen (secondary N) is 2. The minimum atomic E-state index is -0.299. The molecule has 0 unspecified atom stereocenters. The molecule has 1 heterocycles. The minimum absolute atomic E-state index is 0.218. The van der Waals surface area contributed by atoms with Crippen molar-refractivity contribution in [2.24, 2.45) is 17.5 Å². The summed E-state index contributed by atoms with van der Waals surface area (Å²) >= 11 is 0. The molecule has 24 heavy (non-hydrogen) atoms. The van der Waals surface area contributed by atoms with Gasteiger partial charge in [-0.2, -0.15) is 5.10 Å². The van der Waals surface area contributed by atoms with E-state index >= 15 is 0 Å². The van der Waals surface area contributed by atoms with Crippen molar-refractivity contribution in [1.29, 1.82) is 0 Å². The molecule has 1 amide bonds. The van der Waals surface area contributed by atoms with Crippen LogP contribution in [0.4, 0.5) is 0 Å². The molecule has 0 saturated heterocycles. The fourth-order valence-electron chi connectivity index (χ4n) is 3.30. The van der Waals surface area contributed by atoms with Crippen LogP contribution in [0.15, 0.2) is 17.3 Å². The Labute approximate surface area is 144 Å². The number of carbonyl (C=O) groups excluding carboxylic acids is 1. The lowest BCUT2D eigenvalue weighted by atomic mass is 9.84. The zero-order chi connectivity index (χ0) is 17.6. The lowest BCUT2D eigenvalue weighted by Gasteiger charge is -2.31. The van der Waals surface area contributed by atoms with Crippen molar-refractivity contribution >= 4 is 11.9 Å². The Morgan fingerprint density at radius 1 is 1.38 bits per heavy atom. The van der Waals surface area contributed by atoms with Crippen molar-refractivity contribution in [3.8, 4) is 0 Å². The van der Waals surface area contributed by atoms with Crippen LogP contribution in [-0.4, -0.2) is 53.7 Å². The second kappa shape index (κ2) is 8.17. The maximum atomic E-state index is 12.6. The zero-order valence-corrected chi connectivity index (χ0v) is 15.3. The van der Waals surface area contributed by atoms with Crippen molar-refractivity contribution in [3.63, 3.8) is 0 Å². The van der Waals surface area contributed by atoms with E-state index in [-0.39, 0.29) is 11.3 Å². The van der Waals surface area contributed by atoms with Crippen LogP contribution < -0.4 is 10.6 Å². The SMILES string of the molecule is CCNC(=NCc1ccnn1C)NCC1(C(=O)N(C)C)CCCC1. The number of aromatic nitrogens is 2. The molecule has 0 radical (unpaired) electrons. The number of hydrogen-bond acceptors (Lipinski definition) is 3. The third-order valence-corrected chi connectivity index (χ3v) is 4.68. The summed E-state index contributed by atoms with van der Waals surface area (Å²) < 4.78 is 1.82. The first-order valence-corrected chi connectivity index (χ1v) is 8.69. The summed E-state index contributed by atoms with van der Waals surface area (Å²) in [5.41, 5.74) is 0.749. The van der Waals surface area contributed by atoms with Crippen LogP contribution in [0.25, 0.3) is 0 Å². The molecule has 7 heteroatoms. The molecule has 1 aromatic rings. The van der Waals surface area contributed by atoms with Gasteiger partial charge < -0.3 is 15.5 Å². The maximum Gasteiger partial charge on any atom is 0.230 e. The van der Waals surface area contributed by atoms with E-state index in [9.17, 15) is 4.79 Å². The van der Waals surface area contributed by atoms with Crippen LogP contribution in [0.5, 0.6) is 0 Å². The summed E-state index contributed by atoms with van der Waals surface area (Å²) in [4.78, 5) is 19.0. The summed E-state index contributed by atoms with van der Waals surface area (Å²) in [7, 11) is 5.59. The molecule has 7 nitrogen and oxygen atoms in total. The molecule has 2 rings (SSSR count). The van der Waals surface area contributed by atoms with Crippen LogP contribution in [0, 0.1) is 5.41 Å². The van der Waals surface area contributed by atoms with E-state index in [4.69, 9.17) is 0 Å². The molecule has 2 N–H and O–H groups in total. The number of hydrogen-bond donors (Lipinski definition) is 2. The summed E-state index contributed by atoms with van der Waals surface area (Å²) in [5.74, 6) is 0.964. The first kappa shape index (κ1) is 18.3. The van der Waals surface area contributed by atoms with Gasteiger partial charge in [0.05, 0.1) is 17.7 Å². The van der Waals surface area contributed by atoms with Gasteiger partial charge in [0.1, 0.15) is 0 Å². The molecule has 1 fully saturated rings. The van der Waals surface area contributed by atoms with E-state index in [1.165, 1.54) is 0 Å². The van der Waals surface area contributed by atoms with E-state index in [0.29, 0.717) is 13.1 Å². The minimum Gasteiger partial charge on any atom is -0.357 e. The fraction of sp³-hybridized carbons (Fsp3) is 0.706. The highest BCUT2D eigenvalue weighted by molar-refractivity contribution is 5.85. The van der Waals surface area contributed by atoms with Gasteiger partial charge in [-0.25, -0.2) is 4.99 Å². The van der Waals surface area contributed by atoms with Crippen LogP contribution in [-0.2, 0) is 18.4 Å². The first-order valence-electron chi connectivity index (χ1n) is 8.69. The smallest absolute Gasteiger partial charge is 0.230 e. The average molecular weight is 334 g/mol. The number of nitrogens with zero attached hydrogens (tertiary/aromatic N) is 4. The van der Waals surface area contributed by atoms with Gasteiger partial charge in [-0.3, -0.25) is 9.48 Å². The highest BCUT2D eigenvalue weighted by Gasteiger charge is 2.42. The largest absolute Gasteiger partial charge is 0.357 e. The van der Waals surface area contributed by atoms with E-state index in [1.54, 1.807) is 11.1 Å². The molecule has 0 spiro atoms. The number of amides is 1. The van der Waals surface area contributed by atoms with Crippen molar-refractivity contribution in [3.05, 3.63) is 18.0 Å². The van der Waals surface area contributed by atoms with Gasteiger partial charge in [0.25, 0.3) is 0 Å². The molecule has 1 aromatic heterocycles. The molecular formula is C17H30N6O. The fourth-order valence-corrected chi connectivity index (χ4v) is 3.30. The number of carbonyl (C=O) groups is 1. The predicted molar refractivity (Wildman–Crippen MR) is 95.6 cm³/mol. The summed E-state index contributed by atoms with van der Waals surface area (Å²) in [5, 5.41) is 10.8. The Kier molecular flexibility index (Phi) is 6.23. The first-order chi connectivity index (χ1) is 11.5. The highest BCUT2D eigenvalue weighted by Crippen LogP contribution is 2.38. The summed E-state index contributed by atoms with van der Waals surface area (Å²) in [6, 6.07) is 1.96. The number of aliphatic imine (C=N–C) groups is 1. The van der Waals surface area contributed by atoms with E-state index in [0.717, 1.165) is 43.9 Å². The summed E-state index contributed by atoms with van der Waals surface area (Å²) in [6.07, 6.45) is 5.89. The van der Waals surface area contributed by atoms with Gasteiger partial charge in [-0.15, -0.1) is 0 Å².